The summed E-state index contributed by atoms with van der Waals surface area (Å²) < 4.78 is 5.48. The molecule has 2 N–H and O–H groups in total. The molecule has 0 aromatic heterocycles. The van der Waals surface area contributed by atoms with E-state index in [1.54, 1.807) is 17.0 Å². The van der Waals surface area contributed by atoms with Crippen LogP contribution in [0.15, 0.2) is 72.8 Å². The molecule has 0 saturated heterocycles. The molecule has 0 radical (unpaired) electrons. The van der Waals surface area contributed by atoms with Crippen LogP contribution in [0.2, 0.25) is 0 Å². The van der Waals surface area contributed by atoms with Crippen LogP contribution in [0.1, 0.15) is 54.4 Å². The standard InChI is InChI=1S/C33H34N2O5/c36-29(19-22-40-23-20-32(38)34-21-18-25-12-16-30(37)17-13-25)9-5-11-33(39)35-24-28-8-2-1-6-26(28)14-15-27-7-3-4-10-31(27)35/h1-4,6-8,10,12-13,16-17,37H,5,9,11,18-24H2,(H,34,38). The minimum atomic E-state index is -0.108. The van der Waals surface area contributed by atoms with E-state index < -0.39 is 0 Å². The number of ether oxygens (including phenoxy) is 1. The van der Waals surface area contributed by atoms with Crippen molar-refractivity contribution in [3.63, 3.8) is 0 Å². The first-order valence-electron chi connectivity index (χ1n) is 13.6. The molecule has 1 aliphatic rings. The summed E-state index contributed by atoms with van der Waals surface area (Å²) >= 11 is 0. The molecule has 7 nitrogen and oxygen atoms in total. The van der Waals surface area contributed by atoms with Gasteiger partial charge >= 0.3 is 0 Å². The molecule has 4 rings (SSSR count). The van der Waals surface area contributed by atoms with E-state index in [1.165, 1.54) is 0 Å². The summed E-state index contributed by atoms with van der Waals surface area (Å²) in [5.41, 5.74) is 4.54. The Morgan fingerprint density at radius 2 is 1.52 bits per heavy atom. The third-order valence-electron chi connectivity index (χ3n) is 6.69. The Labute approximate surface area is 235 Å². The van der Waals surface area contributed by atoms with Gasteiger partial charge in [-0.2, -0.15) is 0 Å². The van der Waals surface area contributed by atoms with Crippen molar-refractivity contribution in [3.05, 3.63) is 95.1 Å². The van der Waals surface area contributed by atoms with Gasteiger partial charge in [0, 0.05) is 43.4 Å². The fraction of sp³-hybridized carbons (Fsp3) is 0.303. The number of carbonyl (C=O) groups is 3. The highest BCUT2D eigenvalue weighted by Crippen LogP contribution is 2.26. The second-order valence-electron chi connectivity index (χ2n) is 9.68. The molecule has 2 amide bonds. The number of rotatable bonds is 13. The van der Waals surface area contributed by atoms with Crippen molar-refractivity contribution in [2.24, 2.45) is 0 Å². The van der Waals surface area contributed by atoms with Gasteiger partial charge in [0.25, 0.3) is 0 Å². The number of Topliss-reactive ketones (excluding diaryl/α,β-unsaturated/α-hetero) is 1. The van der Waals surface area contributed by atoms with Crippen LogP contribution in [-0.2, 0) is 32.1 Å². The number of nitrogens with one attached hydrogen (secondary N) is 1. The fourth-order valence-corrected chi connectivity index (χ4v) is 4.45. The lowest BCUT2D eigenvalue weighted by Crippen LogP contribution is -2.31. The van der Waals surface area contributed by atoms with Gasteiger partial charge in [-0.1, -0.05) is 54.3 Å². The smallest absolute Gasteiger partial charge is 0.227 e. The molecule has 1 aliphatic heterocycles. The fourth-order valence-electron chi connectivity index (χ4n) is 4.45. The Bertz CT molecular complexity index is 1390. The first-order chi connectivity index (χ1) is 19.5. The van der Waals surface area contributed by atoms with Crippen molar-refractivity contribution in [3.8, 4) is 17.6 Å². The lowest BCUT2D eigenvalue weighted by atomic mass is 10.0. The van der Waals surface area contributed by atoms with Crippen LogP contribution in [0.4, 0.5) is 5.69 Å². The molecule has 0 aliphatic carbocycles. The van der Waals surface area contributed by atoms with E-state index in [0.717, 1.165) is 27.9 Å². The second-order valence-corrected chi connectivity index (χ2v) is 9.68. The average molecular weight is 539 g/mol. The highest BCUT2D eigenvalue weighted by molar-refractivity contribution is 5.95. The number of fused-ring (bicyclic) bond motifs is 2. The van der Waals surface area contributed by atoms with Crippen LogP contribution in [0.5, 0.6) is 5.75 Å². The maximum atomic E-state index is 13.2. The molecular weight excluding hydrogens is 504 g/mol. The number of hydrogen-bond acceptors (Lipinski definition) is 5. The Kier molecular flexibility index (Phi) is 10.5. The largest absolute Gasteiger partial charge is 0.508 e. The van der Waals surface area contributed by atoms with Crippen LogP contribution >= 0.6 is 0 Å². The van der Waals surface area contributed by atoms with Crippen molar-refractivity contribution in [2.45, 2.75) is 45.1 Å². The van der Waals surface area contributed by atoms with E-state index in [9.17, 15) is 19.5 Å². The molecule has 1 heterocycles. The molecule has 0 spiro atoms. The zero-order chi connectivity index (χ0) is 28.2. The van der Waals surface area contributed by atoms with Gasteiger partial charge in [-0.05, 0) is 54.3 Å². The number of anilines is 1. The molecule has 0 bridgehead atoms. The van der Waals surface area contributed by atoms with E-state index in [-0.39, 0.29) is 55.8 Å². The normalized spacial score (nSPS) is 11.8. The third kappa shape index (κ3) is 8.55. The number of aromatic hydroxyl groups is 1. The van der Waals surface area contributed by atoms with Gasteiger partial charge in [-0.25, -0.2) is 0 Å². The number of nitrogens with zero attached hydrogens (tertiary/aromatic N) is 1. The summed E-state index contributed by atoms with van der Waals surface area (Å²) in [5.74, 6) is 6.52. The van der Waals surface area contributed by atoms with Gasteiger partial charge in [0.1, 0.15) is 11.5 Å². The van der Waals surface area contributed by atoms with Crippen LogP contribution in [0.3, 0.4) is 0 Å². The molecule has 3 aromatic rings. The number of amides is 2. The van der Waals surface area contributed by atoms with Crippen LogP contribution in [0.25, 0.3) is 0 Å². The number of phenolic OH excluding ortho intramolecular Hbond substituents is 1. The van der Waals surface area contributed by atoms with Crippen molar-refractivity contribution in [2.75, 3.05) is 24.7 Å². The van der Waals surface area contributed by atoms with Gasteiger partial charge in [-0.3, -0.25) is 14.4 Å². The van der Waals surface area contributed by atoms with E-state index >= 15 is 0 Å². The third-order valence-corrected chi connectivity index (χ3v) is 6.69. The number of para-hydroxylation sites is 1. The number of carbonyl (C=O) groups excluding carboxylic acids is 3. The summed E-state index contributed by atoms with van der Waals surface area (Å²) in [6, 6.07) is 22.4. The average Bonchev–Trinajstić information content (AvgIpc) is 2.95. The number of ketones is 1. The molecule has 0 unspecified atom stereocenters. The zero-order valence-electron chi connectivity index (χ0n) is 22.5. The van der Waals surface area contributed by atoms with Crippen LogP contribution in [-0.4, -0.2) is 42.5 Å². The molecular formula is C33H34N2O5. The molecule has 0 atom stereocenters. The van der Waals surface area contributed by atoms with Gasteiger partial charge in [0.2, 0.25) is 11.8 Å². The van der Waals surface area contributed by atoms with Crippen molar-refractivity contribution in [1.29, 1.82) is 0 Å². The Morgan fingerprint density at radius 3 is 2.35 bits per heavy atom. The molecule has 7 heteroatoms. The van der Waals surface area contributed by atoms with Crippen molar-refractivity contribution < 1.29 is 24.2 Å². The Balaban J connectivity index is 1.13. The number of phenols is 1. The van der Waals surface area contributed by atoms with Crippen LogP contribution < -0.4 is 10.2 Å². The topological polar surface area (TPSA) is 95.9 Å². The summed E-state index contributed by atoms with van der Waals surface area (Å²) in [4.78, 5) is 39.3. The van der Waals surface area contributed by atoms with Gasteiger partial charge in [0.15, 0.2) is 0 Å². The van der Waals surface area contributed by atoms with E-state index in [2.05, 4.69) is 17.2 Å². The highest BCUT2D eigenvalue weighted by Gasteiger charge is 2.21. The van der Waals surface area contributed by atoms with Gasteiger partial charge < -0.3 is 20.1 Å². The van der Waals surface area contributed by atoms with Gasteiger partial charge in [0.05, 0.1) is 25.4 Å². The van der Waals surface area contributed by atoms with Crippen molar-refractivity contribution >= 4 is 23.3 Å². The maximum Gasteiger partial charge on any atom is 0.227 e. The summed E-state index contributed by atoms with van der Waals surface area (Å²) in [6.07, 6.45) is 2.19. The first-order valence-corrected chi connectivity index (χ1v) is 13.6. The zero-order valence-corrected chi connectivity index (χ0v) is 22.5. The number of benzene rings is 3. The van der Waals surface area contributed by atoms with Crippen LogP contribution in [0, 0.1) is 11.8 Å². The minimum Gasteiger partial charge on any atom is -0.508 e. The molecule has 0 fully saturated rings. The summed E-state index contributed by atoms with van der Waals surface area (Å²) in [7, 11) is 0. The second kappa shape index (κ2) is 14.7. The summed E-state index contributed by atoms with van der Waals surface area (Å²) in [6.45, 7) is 1.44. The minimum absolute atomic E-state index is 0.0357. The highest BCUT2D eigenvalue weighted by atomic mass is 16.5. The quantitative estimate of drug-likeness (QED) is 0.246. The summed E-state index contributed by atoms with van der Waals surface area (Å²) in [5, 5.41) is 12.1. The molecule has 40 heavy (non-hydrogen) atoms. The molecule has 206 valence electrons. The predicted octanol–water partition coefficient (Wildman–Crippen LogP) is 4.53. The lowest BCUT2D eigenvalue weighted by molar-refractivity contribution is -0.122. The Hall–Kier alpha value is -4.41. The molecule has 0 saturated carbocycles. The van der Waals surface area contributed by atoms with E-state index in [4.69, 9.17) is 4.74 Å². The Morgan fingerprint density at radius 1 is 0.825 bits per heavy atom. The first kappa shape index (κ1) is 28.6. The monoisotopic (exact) mass is 538 g/mol. The predicted molar refractivity (Wildman–Crippen MR) is 154 cm³/mol. The van der Waals surface area contributed by atoms with E-state index in [1.807, 2.05) is 60.7 Å². The lowest BCUT2D eigenvalue weighted by Gasteiger charge is -2.26. The van der Waals surface area contributed by atoms with Gasteiger partial charge in [-0.15, -0.1) is 0 Å². The molecule has 3 aromatic carbocycles. The SMILES string of the molecule is O=C(CCCC(=O)N1Cc2ccccc2C#Cc2ccccc21)CCOCCC(=O)NCCc1ccc(O)cc1. The number of hydrogen-bond donors (Lipinski definition) is 2. The van der Waals surface area contributed by atoms with E-state index in [0.29, 0.717) is 32.4 Å². The maximum absolute atomic E-state index is 13.2. The van der Waals surface area contributed by atoms with Crippen molar-refractivity contribution in [1.82, 2.24) is 5.32 Å².